The number of hydrogen-bond acceptors (Lipinski definition) is 3. The number of hydrogen-bond donors (Lipinski definition) is 2. The van der Waals surface area contributed by atoms with E-state index in [0.29, 0.717) is 12.5 Å². The smallest absolute Gasteiger partial charge is 0.241 e. The predicted octanol–water partition coefficient (Wildman–Crippen LogP) is 3.57. The zero-order valence-electron chi connectivity index (χ0n) is 16.1. The van der Waals surface area contributed by atoms with Crippen molar-refractivity contribution in [3.05, 3.63) is 28.2 Å². The van der Waals surface area contributed by atoms with Crippen LogP contribution in [0.1, 0.15) is 39.2 Å². The predicted molar refractivity (Wildman–Crippen MR) is 109 cm³/mol. The number of likely N-dealkylation sites (tertiary alicyclic amines) is 1. The van der Waals surface area contributed by atoms with Gasteiger partial charge in [-0.15, -0.1) is 0 Å². The average molecular weight is 424 g/mol. The number of aryl methyl sites for hydroxylation is 1. The van der Waals surface area contributed by atoms with Gasteiger partial charge in [-0.2, -0.15) is 0 Å². The first kappa shape index (κ1) is 20.9. The highest BCUT2D eigenvalue weighted by Crippen LogP contribution is 2.24. The zero-order chi connectivity index (χ0) is 19.3. The van der Waals surface area contributed by atoms with Crippen LogP contribution >= 0.6 is 15.9 Å². The summed E-state index contributed by atoms with van der Waals surface area (Å²) in [7, 11) is 0. The Morgan fingerprint density at radius 1 is 1.27 bits per heavy atom. The van der Waals surface area contributed by atoms with Crippen molar-refractivity contribution in [1.82, 2.24) is 10.2 Å². The number of halogens is 1. The van der Waals surface area contributed by atoms with Crippen LogP contribution in [0.5, 0.6) is 0 Å². The quantitative estimate of drug-likeness (QED) is 0.734. The molecule has 0 aliphatic carbocycles. The third-order valence-corrected chi connectivity index (χ3v) is 5.61. The minimum atomic E-state index is -0.202. The van der Waals surface area contributed by atoms with Crippen LogP contribution in [0.3, 0.4) is 0 Å². The first-order valence-corrected chi connectivity index (χ1v) is 10.2. The van der Waals surface area contributed by atoms with E-state index < -0.39 is 0 Å². The van der Waals surface area contributed by atoms with Crippen LogP contribution in [-0.2, 0) is 9.59 Å². The minimum Gasteiger partial charge on any atom is -0.356 e. The maximum Gasteiger partial charge on any atom is 0.241 e. The maximum atomic E-state index is 12.7. The topological polar surface area (TPSA) is 61.4 Å². The highest BCUT2D eigenvalue weighted by molar-refractivity contribution is 9.10. The summed E-state index contributed by atoms with van der Waals surface area (Å²) in [5.41, 5.74) is 1.94. The molecule has 1 aromatic rings. The molecule has 0 saturated carbocycles. The summed E-state index contributed by atoms with van der Waals surface area (Å²) >= 11 is 3.51. The Morgan fingerprint density at radius 3 is 2.65 bits per heavy atom. The van der Waals surface area contributed by atoms with E-state index in [1.165, 1.54) is 0 Å². The summed E-state index contributed by atoms with van der Waals surface area (Å²) in [4.78, 5) is 26.7. The molecule has 2 rings (SSSR count). The van der Waals surface area contributed by atoms with E-state index in [1.807, 2.05) is 45.9 Å². The van der Waals surface area contributed by atoms with E-state index in [2.05, 4.69) is 31.5 Å². The summed E-state index contributed by atoms with van der Waals surface area (Å²) in [6.45, 7) is 10.2. The highest BCUT2D eigenvalue weighted by Gasteiger charge is 2.28. The van der Waals surface area contributed by atoms with Gasteiger partial charge in [-0.3, -0.25) is 14.5 Å². The molecule has 2 unspecified atom stereocenters. The van der Waals surface area contributed by atoms with Crippen LogP contribution in [0.2, 0.25) is 0 Å². The van der Waals surface area contributed by atoms with Crippen molar-refractivity contribution in [2.75, 3.05) is 25.0 Å². The van der Waals surface area contributed by atoms with Gasteiger partial charge in [0.2, 0.25) is 11.8 Å². The third-order valence-electron chi connectivity index (χ3n) is 4.95. The Kier molecular flexibility index (Phi) is 7.65. The van der Waals surface area contributed by atoms with Gasteiger partial charge < -0.3 is 10.6 Å². The number of nitrogens with one attached hydrogen (secondary N) is 2. The monoisotopic (exact) mass is 423 g/mol. The van der Waals surface area contributed by atoms with Crippen molar-refractivity contribution in [3.8, 4) is 0 Å². The number of rotatable bonds is 6. The number of carbonyl (C=O) groups is 2. The molecule has 2 atom stereocenters. The number of anilines is 1. The van der Waals surface area contributed by atoms with E-state index in [4.69, 9.17) is 0 Å². The van der Waals surface area contributed by atoms with Gasteiger partial charge in [0, 0.05) is 23.5 Å². The fourth-order valence-corrected chi connectivity index (χ4v) is 3.78. The van der Waals surface area contributed by atoms with Gasteiger partial charge >= 0.3 is 0 Å². The number of amides is 2. The molecule has 1 saturated heterocycles. The molecule has 0 bridgehead atoms. The molecule has 0 aromatic heterocycles. The molecular formula is C20H30BrN3O2. The lowest BCUT2D eigenvalue weighted by atomic mass is 9.96. The largest absolute Gasteiger partial charge is 0.356 e. The lowest BCUT2D eigenvalue weighted by Gasteiger charge is -2.36. The Hall–Kier alpha value is -1.40. The lowest BCUT2D eigenvalue weighted by Crippen LogP contribution is -2.49. The molecule has 6 heteroatoms. The minimum absolute atomic E-state index is 0.00131. The Balaban J connectivity index is 1.90. The van der Waals surface area contributed by atoms with Crippen LogP contribution in [0, 0.1) is 18.8 Å². The summed E-state index contributed by atoms with van der Waals surface area (Å²) in [6, 6.07) is 5.70. The molecular weight excluding hydrogens is 394 g/mol. The molecule has 1 aromatic carbocycles. The van der Waals surface area contributed by atoms with E-state index in [1.54, 1.807) is 0 Å². The lowest BCUT2D eigenvalue weighted by molar-refractivity contribution is -0.125. The maximum absolute atomic E-state index is 12.7. The van der Waals surface area contributed by atoms with Crippen LogP contribution in [-0.4, -0.2) is 42.4 Å². The van der Waals surface area contributed by atoms with Crippen molar-refractivity contribution < 1.29 is 9.59 Å². The number of carbonyl (C=O) groups excluding carboxylic acids is 2. The van der Waals surface area contributed by atoms with Gasteiger partial charge in [-0.05, 0) is 72.8 Å². The normalized spacial score (nSPS) is 19.2. The number of benzene rings is 1. The molecule has 1 aliphatic rings. The van der Waals surface area contributed by atoms with Gasteiger partial charge in [0.15, 0.2) is 0 Å². The highest BCUT2D eigenvalue weighted by atomic mass is 79.9. The first-order chi connectivity index (χ1) is 12.3. The van der Waals surface area contributed by atoms with Gasteiger partial charge in [0.1, 0.15) is 0 Å². The van der Waals surface area contributed by atoms with E-state index >= 15 is 0 Å². The fourth-order valence-electron chi connectivity index (χ4n) is 3.19. The van der Waals surface area contributed by atoms with Gasteiger partial charge in [-0.1, -0.05) is 19.9 Å². The number of piperidine rings is 1. The summed E-state index contributed by atoms with van der Waals surface area (Å²) in [5.74, 6) is 0.499. The van der Waals surface area contributed by atoms with Crippen LogP contribution in [0.25, 0.3) is 0 Å². The van der Waals surface area contributed by atoms with Crippen LogP contribution in [0.4, 0.5) is 5.69 Å². The summed E-state index contributed by atoms with van der Waals surface area (Å²) in [5, 5.41) is 6.04. The standard InChI is InChI=1S/C20H30BrN3O2/c1-13(2)19(25)22-11-16-6-5-9-24(12-16)15(4)20(26)23-18-8-7-14(3)10-17(18)21/h7-8,10,13,15-16H,5-6,9,11-12H2,1-4H3,(H,22,25)(H,23,26). The summed E-state index contributed by atoms with van der Waals surface area (Å²) < 4.78 is 0.894. The molecule has 0 radical (unpaired) electrons. The van der Waals surface area contributed by atoms with E-state index in [9.17, 15) is 9.59 Å². The van der Waals surface area contributed by atoms with Gasteiger partial charge in [-0.25, -0.2) is 0 Å². The zero-order valence-corrected chi connectivity index (χ0v) is 17.7. The van der Waals surface area contributed by atoms with Crippen molar-refractivity contribution in [2.45, 2.75) is 46.6 Å². The molecule has 1 fully saturated rings. The average Bonchev–Trinajstić information content (AvgIpc) is 2.61. The Morgan fingerprint density at radius 2 is 2.00 bits per heavy atom. The van der Waals surface area contributed by atoms with Crippen molar-refractivity contribution in [1.29, 1.82) is 0 Å². The third kappa shape index (κ3) is 5.81. The van der Waals surface area contributed by atoms with E-state index in [0.717, 1.165) is 41.7 Å². The molecule has 0 spiro atoms. The fraction of sp³-hybridized carbons (Fsp3) is 0.600. The van der Waals surface area contributed by atoms with Crippen molar-refractivity contribution in [3.63, 3.8) is 0 Å². The van der Waals surface area contributed by atoms with E-state index in [-0.39, 0.29) is 23.8 Å². The molecule has 2 N–H and O–H groups in total. The Labute approximate surface area is 165 Å². The second-order valence-electron chi connectivity index (χ2n) is 7.55. The van der Waals surface area contributed by atoms with Crippen LogP contribution < -0.4 is 10.6 Å². The molecule has 1 aliphatic heterocycles. The van der Waals surface area contributed by atoms with Crippen molar-refractivity contribution in [2.24, 2.45) is 11.8 Å². The van der Waals surface area contributed by atoms with Gasteiger partial charge in [0.25, 0.3) is 0 Å². The van der Waals surface area contributed by atoms with Crippen LogP contribution in [0.15, 0.2) is 22.7 Å². The SMILES string of the molecule is Cc1ccc(NC(=O)C(C)N2CCCC(CNC(=O)C(C)C)C2)c(Br)c1. The molecule has 2 amide bonds. The molecule has 144 valence electrons. The molecule has 26 heavy (non-hydrogen) atoms. The number of nitrogens with zero attached hydrogens (tertiary/aromatic N) is 1. The second-order valence-corrected chi connectivity index (χ2v) is 8.41. The molecule has 5 nitrogen and oxygen atoms in total. The molecule has 1 heterocycles. The summed E-state index contributed by atoms with van der Waals surface area (Å²) in [6.07, 6.45) is 2.14. The second kappa shape index (κ2) is 9.51. The van der Waals surface area contributed by atoms with Crippen molar-refractivity contribution >= 4 is 33.4 Å². The first-order valence-electron chi connectivity index (χ1n) is 9.36. The Bertz CT molecular complexity index is 648. The van der Waals surface area contributed by atoms with Gasteiger partial charge in [0.05, 0.1) is 11.7 Å².